The number of hydrogen-bond acceptors (Lipinski definition) is 4. The first-order valence-corrected chi connectivity index (χ1v) is 12.2. The van der Waals surface area contributed by atoms with Gasteiger partial charge in [0, 0.05) is 20.4 Å². The zero-order valence-corrected chi connectivity index (χ0v) is 16.4. The van der Waals surface area contributed by atoms with Gasteiger partial charge in [-0.15, -0.1) is 0 Å². The van der Waals surface area contributed by atoms with Crippen molar-refractivity contribution in [3.8, 4) is 17.0 Å². The molecule has 0 fully saturated rings. The highest BCUT2D eigenvalue weighted by atomic mass is 28.3. The van der Waals surface area contributed by atoms with Crippen LogP contribution in [0.5, 0.6) is 5.88 Å². The lowest BCUT2D eigenvalue weighted by molar-refractivity contribution is 0.0707. The Morgan fingerprint density at radius 1 is 1.17 bits per heavy atom. The molecule has 6 heteroatoms. The van der Waals surface area contributed by atoms with E-state index in [-0.39, 0.29) is 0 Å². The summed E-state index contributed by atoms with van der Waals surface area (Å²) in [5, 5.41) is 4.61. The Morgan fingerprint density at radius 2 is 1.83 bits per heavy atom. The molecule has 1 aromatic heterocycles. The molecule has 0 atom stereocenters. The number of benzene rings is 1. The quantitative estimate of drug-likeness (QED) is 0.443. The van der Waals surface area contributed by atoms with Crippen LogP contribution in [0.2, 0.25) is 25.7 Å². The highest BCUT2D eigenvalue weighted by Crippen LogP contribution is 2.34. The maximum Gasteiger partial charge on any atom is 0.222 e. The van der Waals surface area contributed by atoms with Gasteiger partial charge in [0.05, 0.1) is 17.9 Å². The first-order valence-electron chi connectivity index (χ1n) is 8.45. The minimum atomic E-state index is -1.09. The van der Waals surface area contributed by atoms with Crippen LogP contribution in [0.4, 0.5) is 5.69 Å². The molecule has 0 unspecified atom stereocenters. The second-order valence-electron chi connectivity index (χ2n) is 7.17. The summed E-state index contributed by atoms with van der Waals surface area (Å²) in [6, 6.07) is 8.93. The van der Waals surface area contributed by atoms with Gasteiger partial charge in [-0.1, -0.05) is 31.8 Å². The lowest BCUT2D eigenvalue weighted by atomic mass is 10.1. The minimum Gasteiger partial charge on any atom is -0.478 e. The van der Waals surface area contributed by atoms with Gasteiger partial charge in [0.15, 0.2) is 0 Å². The summed E-state index contributed by atoms with van der Waals surface area (Å²) in [4.78, 5) is 0. The number of rotatable bonds is 8. The highest BCUT2D eigenvalue weighted by Gasteiger charge is 2.19. The number of nitrogens with two attached hydrogens (primary N) is 1. The van der Waals surface area contributed by atoms with Crippen molar-refractivity contribution in [2.75, 3.05) is 18.9 Å². The van der Waals surface area contributed by atoms with Crippen molar-refractivity contribution in [3.05, 3.63) is 30.0 Å². The number of aromatic nitrogens is 2. The van der Waals surface area contributed by atoms with Crippen molar-refractivity contribution in [2.45, 2.75) is 46.3 Å². The van der Waals surface area contributed by atoms with E-state index < -0.39 is 8.07 Å². The Labute approximate surface area is 145 Å². The molecule has 0 spiro atoms. The van der Waals surface area contributed by atoms with Gasteiger partial charge in [0.1, 0.15) is 6.73 Å². The molecule has 24 heavy (non-hydrogen) atoms. The standard InChI is InChI=1S/C18H29N3O2Si/c1-6-23-18-17(15-7-9-16(19)10-8-15)14(2)20-21(18)13-22-11-12-24(3,4)5/h7-10H,6,11-13,19H2,1-5H3. The maximum atomic E-state index is 5.87. The lowest BCUT2D eigenvalue weighted by Gasteiger charge is -2.16. The number of nitrogen functional groups attached to an aromatic ring is 1. The van der Waals surface area contributed by atoms with E-state index in [9.17, 15) is 0 Å². The van der Waals surface area contributed by atoms with E-state index in [0.29, 0.717) is 13.3 Å². The second kappa shape index (κ2) is 7.85. The molecule has 5 nitrogen and oxygen atoms in total. The van der Waals surface area contributed by atoms with Gasteiger partial charge in [-0.25, -0.2) is 4.68 Å². The minimum absolute atomic E-state index is 0.412. The van der Waals surface area contributed by atoms with Gasteiger partial charge < -0.3 is 15.2 Å². The van der Waals surface area contributed by atoms with Crippen LogP contribution in [-0.2, 0) is 11.5 Å². The van der Waals surface area contributed by atoms with Crippen LogP contribution in [0.15, 0.2) is 24.3 Å². The highest BCUT2D eigenvalue weighted by molar-refractivity contribution is 6.76. The van der Waals surface area contributed by atoms with Crippen molar-refractivity contribution in [1.82, 2.24) is 9.78 Å². The molecular weight excluding hydrogens is 318 g/mol. The molecule has 2 N–H and O–H groups in total. The molecular formula is C18H29N3O2Si. The number of aryl methyl sites for hydroxylation is 1. The molecule has 2 aromatic rings. The fourth-order valence-corrected chi connectivity index (χ4v) is 3.20. The number of anilines is 1. The predicted octanol–water partition coefficient (Wildman–Crippen LogP) is 4.15. The summed E-state index contributed by atoms with van der Waals surface area (Å²) >= 11 is 0. The normalized spacial score (nSPS) is 11.7. The van der Waals surface area contributed by atoms with Crippen molar-refractivity contribution >= 4 is 13.8 Å². The van der Waals surface area contributed by atoms with Crippen LogP contribution >= 0.6 is 0 Å². The summed E-state index contributed by atoms with van der Waals surface area (Å²) in [5.41, 5.74) is 9.53. The lowest BCUT2D eigenvalue weighted by Crippen LogP contribution is -2.22. The third kappa shape index (κ3) is 4.85. The molecule has 0 saturated carbocycles. The average molecular weight is 348 g/mol. The molecule has 0 bridgehead atoms. The Bertz CT molecular complexity index is 660. The van der Waals surface area contributed by atoms with Crippen LogP contribution in [0.25, 0.3) is 11.1 Å². The predicted molar refractivity (Wildman–Crippen MR) is 102 cm³/mol. The van der Waals surface area contributed by atoms with Crippen LogP contribution in [0.3, 0.4) is 0 Å². The van der Waals surface area contributed by atoms with Gasteiger partial charge in [0.2, 0.25) is 5.88 Å². The van der Waals surface area contributed by atoms with Crippen molar-refractivity contribution < 1.29 is 9.47 Å². The van der Waals surface area contributed by atoms with E-state index in [0.717, 1.165) is 41.0 Å². The van der Waals surface area contributed by atoms with E-state index in [4.69, 9.17) is 15.2 Å². The third-order valence-corrected chi connectivity index (χ3v) is 5.48. The number of hydrogen-bond donors (Lipinski definition) is 1. The molecule has 2 rings (SSSR count). The van der Waals surface area contributed by atoms with E-state index >= 15 is 0 Å². The fraction of sp³-hybridized carbons (Fsp3) is 0.500. The molecule has 0 radical (unpaired) electrons. The second-order valence-corrected chi connectivity index (χ2v) is 12.8. The summed E-state index contributed by atoms with van der Waals surface area (Å²) in [6.45, 7) is 12.8. The molecule has 0 aliphatic carbocycles. The zero-order valence-electron chi connectivity index (χ0n) is 15.4. The smallest absolute Gasteiger partial charge is 0.222 e. The molecule has 0 aliphatic heterocycles. The summed E-state index contributed by atoms with van der Waals surface area (Å²) < 4.78 is 13.5. The van der Waals surface area contributed by atoms with E-state index in [1.165, 1.54) is 0 Å². The first kappa shape index (κ1) is 18.5. The largest absolute Gasteiger partial charge is 0.478 e. The molecule has 0 saturated heterocycles. The van der Waals surface area contributed by atoms with Crippen molar-refractivity contribution in [2.24, 2.45) is 0 Å². The molecule has 0 amide bonds. The molecule has 0 aliphatic rings. The topological polar surface area (TPSA) is 62.3 Å². The molecule has 1 aromatic carbocycles. The monoisotopic (exact) mass is 347 g/mol. The molecule has 132 valence electrons. The van der Waals surface area contributed by atoms with Crippen LogP contribution in [-0.4, -0.2) is 31.1 Å². The number of nitrogens with zero attached hydrogens (tertiary/aromatic N) is 2. The van der Waals surface area contributed by atoms with Gasteiger partial charge >= 0.3 is 0 Å². The van der Waals surface area contributed by atoms with Crippen molar-refractivity contribution in [1.29, 1.82) is 0 Å². The Kier molecular flexibility index (Phi) is 6.07. The van der Waals surface area contributed by atoms with E-state index in [1.54, 1.807) is 0 Å². The van der Waals surface area contributed by atoms with Gasteiger partial charge in [-0.3, -0.25) is 0 Å². The van der Waals surface area contributed by atoms with Gasteiger partial charge in [-0.05, 0) is 37.6 Å². The van der Waals surface area contributed by atoms with E-state index in [1.807, 2.05) is 42.8 Å². The van der Waals surface area contributed by atoms with Gasteiger partial charge in [-0.2, -0.15) is 5.10 Å². The fourth-order valence-electron chi connectivity index (χ4n) is 2.44. The van der Waals surface area contributed by atoms with E-state index in [2.05, 4.69) is 24.7 Å². The van der Waals surface area contributed by atoms with Crippen LogP contribution < -0.4 is 10.5 Å². The van der Waals surface area contributed by atoms with Crippen molar-refractivity contribution in [3.63, 3.8) is 0 Å². The Hall–Kier alpha value is -1.79. The summed E-state index contributed by atoms with van der Waals surface area (Å²) in [7, 11) is -1.09. The van der Waals surface area contributed by atoms with Gasteiger partial charge in [0.25, 0.3) is 0 Å². The summed E-state index contributed by atoms with van der Waals surface area (Å²) in [6.07, 6.45) is 0. The molecule has 1 heterocycles. The maximum absolute atomic E-state index is 5.87. The summed E-state index contributed by atoms with van der Waals surface area (Å²) in [5.74, 6) is 0.757. The Balaban J connectivity index is 2.20. The van der Waals surface area contributed by atoms with Crippen LogP contribution in [0.1, 0.15) is 12.6 Å². The number of ether oxygens (including phenoxy) is 2. The van der Waals surface area contributed by atoms with Crippen LogP contribution in [0, 0.1) is 6.92 Å². The average Bonchev–Trinajstić information content (AvgIpc) is 2.80. The first-order chi connectivity index (χ1) is 11.3. The third-order valence-electron chi connectivity index (χ3n) is 3.77. The SMILES string of the molecule is CCOc1c(-c2ccc(N)cc2)c(C)nn1COCC[Si](C)(C)C. The zero-order chi connectivity index (χ0) is 17.7. The Morgan fingerprint density at radius 3 is 2.42 bits per heavy atom.